The van der Waals surface area contributed by atoms with Crippen molar-refractivity contribution in [3.8, 4) is 0 Å². The lowest BCUT2D eigenvalue weighted by Gasteiger charge is -2.32. The second-order valence-corrected chi connectivity index (χ2v) is 5.76. The summed E-state index contributed by atoms with van der Waals surface area (Å²) in [6.07, 6.45) is -0.0825. The molecule has 0 aromatic heterocycles. The number of piperazine rings is 1. The van der Waals surface area contributed by atoms with Gasteiger partial charge in [0.2, 0.25) is 5.91 Å². The van der Waals surface area contributed by atoms with Crippen LogP contribution in [0.1, 0.15) is 12.0 Å². The van der Waals surface area contributed by atoms with Crippen molar-refractivity contribution in [1.29, 1.82) is 0 Å². The highest BCUT2D eigenvalue weighted by molar-refractivity contribution is 6.31. The van der Waals surface area contributed by atoms with Crippen LogP contribution in [0.4, 0.5) is 5.69 Å². The third kappa shape index (κ3) is 4.43. The summed E-state index contributed by atoms with van der Waals surface area (Å²) in [5.74, 6) is -1.30. The van der Waals surface area contributed by atoms with Crippen molar-refractivity contribution in [2.75, 3.05) is 31.5 Å². The summed E-state index contributed by atoms with van der Waals surface area (Å²) in [7, 11) is 0. The van der Waals surface area contributed by atoms with Crippen molar-refractivity contribution in [2.45, 2.75) is 19.4 Å². The summed E-state index contributed by atoms with van der Waals surface area (Å²) >= 11 is 6.01. The van der Waals surface area contributed by atoms with E-state index in [9.17, 15) is 14.7 Å². The molecule has 22 heavy (non-hydrogen) atoms. The van der Waals surface area contributed by atoms with Crippen LogP contribution in [0, 0.1) is 6.92 Å². The maximum Gasteiger partial charge on any atom is 0.321 e. The van der Waals surface area contributed by atoms with Gasteiger partial charge in [-0.15, -0.1) is 0 Å². The highest BCUT2D eigenvalue weighted by Crippen LogP contribution is 2.20. The van der Waals surface area contributed by atoms with Crippen LogP contribution in [-0.4, -0.2) is 54.1 Å². The molecule has 1 unspecified atom stereocenters. The van der Waals surface area contributed by atoms with E-state index >= 15 is 0 Å². The van der Waals surface area contributed by atoms with Crippen molar-refractivity contribution in [3.05, 3.63) is 28.8 Å². The molecule has 3 N–H and O–H groups in total. The minimum absolute atomic E-state index is 0.0825. The standard InChI is InChI=1S/C15H20ClN3O3/c1-10-2-3-11(8-12(10)16)18-14(20)9-13(15(21)22)19-6-4-17-5-7-19/h2-3,8,13,17H,4-7,9H2,1H3,(H,18,20)(H,21,22). The molecule has 6 nitrogen and oxygen atoms in total. The Labute approximate surface area is 134 Å². The lowest BCUT2D eigenvalue weighted by molar-refractivity contribution is -0.145. The number of rotatable bonds is 5. The molecule has 1 aromatic carbocycles. The van der Waals surface area contributed by atoms with Gasteiger partial charge in [0.05, 0.1) is 6.42 Å². The van der Waals surface area contributed by atoms with Gasteiger partial charge in [0.25, 0.3) is 0 Å². The SMILES string of the molecule is Cc1ccc(NC(=O)CC(C(=O)O)N2CCNCC2)cc1Cl. The van der Waals surface area contributed by atoms with Gasteiger partial charge in [-0.1, -0.05) is 17.7 Å². The average molecular weight is 326 g/mol. The Morgan fingerprint density at radius 1 is 1.41 bits per heavy atom. The van der Waals surface area contributed by atoms with Gasteiger partial charge in [-0.3, -0.25) is 14.5 Å². The molecule has 1 atom stereocenters. The molecule has 7 heteroatoms. The van der Waals surface area contributed by atoms with Gasteiger partial charge in [0.1, 0.15) is 6.04 Å². The van der Waals surface area contributed by atoms with Gasteiger partial charge < -0.3 is 15.7 Å². The number of aryl methyl sites for hydroxylation is 1. The molecule has 0 spiro atoms. The Hall–Kier alpha value is -1.63. The third-order valence-electron chi connectivity index (χ3n) is 3.71. The van der Waals surface area contributed by atoms with Crippen molar-refractivity contribution < 1.29 is 14.7 Å². The molecule has 0 aliphatic carbocycles. The number of halogens is 1. The minimum atomic E-state index is -0.973. The third-order valence-corrected chi connectivity index (χ3v) is 4.12. The van der Waals surface area contributed by atoms with E-state index in [0.29, 0.717) is 23.8 Å². The molecule has 120 valence electrons. The number of nitrogens with zero attached hydrogens (tertiary/aromatic N) is 1. The van der Waals surface area contributed by atoms with Crippen LogP contribution < -0.4 is 10.6 Å². The van der Waals surface area contributed by atoms with E-state index in [4.69, 9.17) is 11.6 Å². The topological polar surface area (TPSA) is 81.7 Å². The normalized spacial score (nSPS) is 17.0. The van der Waals surface area contributed by atoms with Gasteiger partial charge in [-0.25, -0.2) is 0 Å². The summed E-state index contributed by atoms with van der Waals surface area (Å²) in [6.45, 7) is 4.60. The van der Waals surface area contributed by atoms with Gasteiger partial charge in [-0.05, 0) is 24.6 Å². The zero-order chi connectivity index (χ0) is 16.1. The smallest absolute Gasteiger partial charge is 0.321 e. The molecule has 0 bridgehead atoms. The van der Waals surface area contributed by atoms with Crippen LogP contribution in [0.3, 0.4) is 0 Å². The summed E-state index contributed by atoms with van der Waals surface area (Å²) in [5, 5.41) is 15.8. The predicted molar refractivity (Wildman–Crippen MR) is 85.3 cm³/mol. The molecule has 1 aliphatic rings. The largest absolute Gasteiger partial charge is 0.480 e. The van der Waals surface area contributed by atoms with Crippen molar-refractivity contribution in [2.24, 2.45) is 0 Å². The number of nitrogens with one attached hydrogen (secondary N) is 2. The maximum atomic E-state index is 12.1. The van der Waals surface area contributed by atoms with E-state index in [2.05, 4.69) is 10.6 Å². The quantitative estimate of drug-likeness (QED) is 0.761. The first-order chi connectivity index (χ1) is 10.5. The summed E-state index contributed by atoms with van der Waals surface area (Å²) in [5.41, 5.74) is 1.49. The van der Waals surface area contributed by atoms with E-state index in [1.807, 2.05) is 17.9 Å². The van der Waals surface area contributed by atoms with Gasteiger partial charge in [-0.2, -0.15) is 0 Å². The monoisotopic (exact) mass is 325 g/mol. The first-order valence-corrected chi connectivity index (χ1v) is 7.59. The Morgan fingerprint density at radius 2 is 2.09 bits per heavy atom. The molecule has 1 aromatic rings. The molecule has 2 rings (SSSR count). The lowest BCUT2D eigenvalue weighted by atomic mass is 10.1. The van der Waals surface area contributed by atoms with Crippen molar-refractivity contribution >= 4 is 29.2 Å². The van der Waals surface area contributed by atoms with Crippen LogP contribution in [0.5, 0.6) is 0 Å². The summed E-state index contributed by atoms with van der Waals surface area (Å²) in [6, 6.07) is 4.42. The first-order valence-electron chi connectivity index (χ1n) is 7.21. The van der Waals surface area contributed by atoms with Crippen LogP contribution in [-0.2, 0) is 9.59 Å². The second-order valence-electron chi connectivity index (χ2n) is 5.36. The fourth-order valence-electron chi connectivity index (χ4n) is 2.42. The Morgan fingerprint density at radius 3 is 2.68 bits per heavy atom. The number of benzene rings is 1. The van der Waals surface area contributed by atoms with Crippen molar-refractivity contribution in [3.63, 3.8) is 0 Å². The number of anilines is 1. The van der Waals surface area contributed by atoms with Crippen molar-refractivity contribution in [1.82, 2.24) is 10.2 Å². The molecule has 0 radical (unpaired) electrons. The molecule has 1 saturated heterocycles. The van der Waals surface area contributed by atoms with Crippen LogP contribution in [0.15, 0.2) is 18.2 Å². The van der Waals surface area contributed by atoms with Gasteiger partial charge in [0.15, 0.2) is 0 Å². The fraction of sp³-hybridized carbons (Fsp3) is 0.467. The number of carboxylic acid groups (broad SMARTS) is 1. The van der Waals surface area contributed by atoms with E-state index in [0.717, 1.165) is 18.7 Å². The number of carbonyl (C=O) groups is 2. The zero-order valence-electron chi connectivity index (χ0n) is 12.4. The zero-order valence-corrected chi connectivity index (χ0v) is 13.2. The second kappa shape index (κ2) is 7.58. The number of aliphatic carboxylic acids is 1. The number of amides is 1. The molecule has 1 amide bonds. The van der Waals surface area contributed by atoms with E-state index in [-0.39, 0.29) is 12.3 Å². The lowest BCUT2D eigenvalue weighted by Crippen LogP contribution is -2.52. The minimum Gasteiger partial charge on any atom is -0.480 e. The van der Waals surface area contributed by atoms with Crippen LogP contribution in [0.2, 0.25) is 5.02 Å². The molecule has 0 saturated carbocycles. The van der Waals surface area contributed by atoms with E-state index in [1.165, 1.54) is 0 Å². The highest BCUT2D eigenvalue weighted by atomic mass is 35.5. The van der Waals surface area contributed by atoms with Gasteiger partial charge in [0, 0.05) is 36.9 Å². The number of carboxylic acids is 1. The van der Waals surface area contributed by atoms with E-state index in [1.54, 1.807) is 12.1 Å². The summed E-state index contributed by atoms with van der Waals surface area (Å²) in [4.78, 5) is 25.3. The van der Waals surface area contributed by atoms with Crippen LogP contribution in [0.25, 0.3) is 0 Å². The fourth-order valence-corrected chi connectivity index (χ4v) is 2.61. The maximum absolute atomic E-state index is 12.1. The molecular weight excluding hydrogens is 306 g/mol. The highest BCUT2D eigenvalue weighted by Gasteiger charge is 2.29. The Kier molecular flexibility index (Phi) is 5.76. The predicted octanol–water partition coefficient (Wildman–Crippen LogP) is 1.34. The first kappa shape index (κ1) is 16.7. The number of hydrogen-bond acceptors (Lipinski definition) is 4. The average Bonchev–Trinajstić information content (AvgIpc) is 2.49. The van der Waals surface area contributed by atoms with Gasteiger partial charge >= 0.3 is 5.97 Å². The Bertz CT molecular complexity index is 559. The number of carbonyl (C=O) groups excluding carboxylic acids is 1. The molecule has 1 aliphatic heterocycles. The molecule has 1 heterocycles. The van der Waals surface area contributed by atoms with E-state index < -0.39 is 12.0 Å². The van der Waals surface area contributed by atoms with Crippen LogP contribution >= 0.6 is 11.6 Å². The molecule has 1 fully saturated rings. The molecular formula is C15H20ClN3O3. The Balaban J connectivity index is 1.98. The summed E-state index contributed by atoms with van der Waals surface area (Å²) < 4.78 is 0. The number of hydrogen-bond donors (Lipinski definition) is 3.